The highest BCUT2D eigenvalue weighted by Gasteiger charge is 2.24. The predicted molar refractivity (Wildman–Crippen MR) is 103 cm³/mol. The number of carbonyl (C=O) groups excluding carboxylic acids is 1. The van der Waals surface area contributed by atoms with Crippen LogP contribution in [0, 0.1) is 6.92 Å². The van der Waals surface area contributed by atoms with Crippen molar-refractivity contribution in [1.82, 2.24) is 14.5 Å². The monoisotopic (exact) mass is 361 g/mol. The molecule has 0 N–H and O–H groups in total. The van der Waals surface area contributed by atoms with E-state index in [-0.39, 0.29) is 11.5 Å². The maximum absolute atomic E-state index is 12.9. The number of unbranched alkanes of at least 4 members (excludes halogenated alkanes) is 2. The SMILES string of the molecule is CCCCCn1cnc2sc(C(=O)N3CCCCCC3)c(C)c2c1=O. The average molecular weight is 362 g/mol. The molecule has 0 atom stereocenters. The summed E-state index contributed by atoms with van der Waals surface area (Å²) in [6.45, 7) is 6.38. The molecule has 1 saturated heterocycles. The summed E-state index contributed by atoms with van der Waals surface area (Å²) in [5, 5.41) is 0.627. The Morgan fingerprint density at radius 3 is 2.60 bits per heavy atom. The molecule has 1 aliphatic rings. The van der Waals surface area contributed by atoms with Gasteiger partial charge in [-0.1, -0.05) is 32.6 Å². The maximum atomic E-state index is 12.9. The molecule has 1 amide bonds. The molecule has 1 fully saturated rings. The minimum Gasteiger partial charge on any atom is -0.338 e. The summed E-state index contributed by atoms with van der Waals surface area (Å²) in [5.41, 5.74) is 0.793. The number of aryl methyl sites for hydroxylation is 2. The fourth-order valence-electron chi connectivity index (χ4n) is 3.47. The quantitative estimate of drug-likeness (QED) is 0.757. The van der Waals surface area contributed by atoms with Gasteiger partial charge in [0.15, 0.2) is 0 Å². The third-order valence-electron chi connectivity index (χ3n) is 5.01. The highest BCUT2D eigenvalue weighted by Crippen LogP contribution is 2.28. The Hall–Kier alpha value is -1.69. The number of carbonyl (C=O) groups is 1. The summed E-state index contributed by atoms with van der Waals surface area (Å²) in [6.07, 6.45) is 9.36. The van der Waals surface area contributed by atoms with Gasteiger partial charge >= 0.3 is 0 Å². The first-order valence-electron chi connectivity index (χ1n) is 9.41. The molecule has 5 nitrogen and oxygen atoms in total. The number of hydrogen-bond donors (Lipinski definition) is 0. The molecule has 3 rings (SSSR count). The van der Waals surface area contributed by atoms with Crippen molar-refractivity contribution in [3.63, 3.8) is 0 Å². The molecule has 0 aliphatic carbocycles. The van der Waals surface area contributed by atoms with Crippen LogP contribution < -0.4 is 5.56 Å². The molecule has 0 bridgehead atoms. The molecule has 2 aromatic rings. The standard InChI is InChI=1S/C19H27N3O2S/c1-3-4-7-12-22-13-20-17-15(18(22)23)14(2)16(25-17)19(24)21-10-8-5-6-9-11-21/h13H,3-12H2,1-2H3. The maximum Gasteiger partial charge on any atom is 0.264 e. The van der Waals surface area contributed by atoms with E-state index in [0.29, 0.717) is 21.6 Å². The van der Waals surface area contributed by atoms with E-state index in [1.165, 1.54) is 24.2 Å². The lowest BCUT2D eigenvalue weighted by molar-refractivity contribution is 0.0766. The van der Waals surface area contributed by atoms with Gasteiger partial charge in [0.25, 0.3) is 11.5 Å². The normalized spacial score (nSPS) is 15.5. The summed E-state index contributed by atoms with van der Waals surface area (Å²) in [5.74, 6) is 0.0688. The van der Waals surface area contributed by atoms with E-state index in [1.807, 2.05) is 11.8 Å². The van der Waals surface area contributed by atoms with Crippen LogP contribution in [0.1, 0.15) is 67.1 Å². The van der Waals surface area contributed by atoms with Gasteiger partial charge in [-0.2, -0.15) is 0 Å². The van der Waals surface area contributed by atoms with Crippen LogP contribution >= 0.6 is 11.3 Å². The van der Waals surface area contributed by atoms with Gasteiger partial charge in [-0.3, -0.25) is 14.2 Å². The number of likely N-dealkylation sites (tertiary alicyclic amines) is 1. The van der Waals surface area contributed by atoms with E-state index in [1.54, 1.807) is 10.9 Å². The summed E-state index contributed by atoms with van der Waals surface area (Å²) < 4.78 is 1.69. The first-order valence-corrected chi connectivity index (χ1v) is 10.2. The zero-order chi connectivity index (χ0) is 17.8. The van der Waals surface area contributed by atoms with Gasteiger partial charge in [-0.05, 0) is 31.7 Å². The molecule has 0 saturated carbocycles. The molecule has 136 valence electrons. The van der Waals surface area contributed by atoms with Gasteiger partial charge in [0.2, 0.25) is 0 Å². The predicted octanol–water partition coefficient (Wildman–Crippen LogP) is 3.97. The highest BCUT2D eigenvalue weighted by molar-refractivity contribution is 7.20. The molecular weight excluding hydrogens is 334 g/mol. The minimum atomic E-state index is -0.00947. The van der Waals surface area contributed by atoms with Crippen LogP contribution in [0.5, 0.6) is 0 Å². The van der Waals surface area contributed by atoms with E-state index in [0.717, 1.165) is 50.8 Å². The topological polar surface area (TPSA) is 55.2 Å². The molecular formula is C19H27N3O2S. The van der Waals surface area contributed by atoms with Crippen molar-refractivity contribution in [2.45, 2.75) is 65.3 Å². The summed E-state index contributed by atoms with van der Waals surface area (Å²) in [4.78, 5) is 33.5. The van der Waals surface area contributed by atoms with Crippen molar-refractivity contribution in [3.05, 3.63) is 27.1 Å². The van der Waals surface area contributed by atoms with E-state index in [2.05, 4.69) is 11.9 Å². The van der Waals surface area contributed by atoms with E-state index >= 15 is 0 Å². The number of rotatable bonds is 5. The van der Waals surface area contributed by atoms with Gasteiger partial charge in [-0.25, -0.2) is 4.98 Å². The molecule has 25 heavy (non-hydrogen) atoms. The van der Waals surface area contributed by atoms with Crippen LogP contribution in [0.25, 0.3) is 10.2 Å². The van der Waals surface area contributed by atoms with Gasteiger partial charge < -0.3 is 4.90 Å². The lowest BCUT2D eigenvalue weighted by Gasteiger charge is -2.19. The third-order valence-corrected chi connectivity index (χ3v) is 6.20. The van der Waals surface area contributed by atoms with Crippen LogP contribution in [0.3, 0.4) is 0 Å². The zero-order valence-electron chi connectivity index (χ0n) is 15.2. The Morgan fingerprint density at radius 1 is 1.20 bits per heavy atom. The molecule has 0 radical (unpaired) electrons. The number of nitrogens with zero attached hydrogens (tertiary/aromatic N) is 3. The van der Waals surface area contributed by atoms with Crippen LogP contribution in [0.15, 0.2) is 11.1 Å². The van der Waals surface area contributed by atoms with E-state index in [9.17, 15) is 9.59 Å². The van der Waals surface area contributed by atoms with Gasteiger partial charge in [0.05, 0.1) is 16.6 Å². The van der Waals surface area contributed by atoms with Crippen molar-refractivity contribution in [1.29, 1.82) is 0 Å². The molecule has 6 heteroatoms. The van der Waals surface area contributed by atoms with Gasteiger partial charge in [0, 0.05) is 19.6 Å². The smallest absolute Gasteiger partial charge is 0.264 e. The number of thiophene rings is 1. The first kappa shape index (κ1) is 18.1. The fourth-order valence-corrected chi connectivity index (χ4v) is 4.58. The Labute approximate surface area is 152 Å². The van der Waals surface area contributed by atoms with Crippen LogP contribution in [0.4, 0.5) is 0 Å². The molecule has 2 aromatic heterocycles. The second-order valence-corrected chi connectivity index (χ2v) is 7.89. The first-order chi connectivity index (χ1) is 12.1. The molecule has 0 spiro atoms. The van der Waals surface area contributed by atoms with Crippen LogP contribution in [0.2, 0.25) is 0 Å². The Morgan fingerprint density at radius 2 is 1.92 bits per heavy atom. The highest BCUT2D eigenvalue weighted by atomic mass is 32.1. The average Bonchev–Trinajstić information content (AvgIpc) is 2.78. The Kier molecular flexibility index (Phi) is 5.89. The van der Waals surface area contributed by atoms with Gasteiger partial charge in [0.1, 0.15) is 4.83 Å². The number of amides is 1. The van der Waals surface area contributed by atoms with Crippen LogP contribution in [-0.4, -0.2) is 33.4 Å². The third kappa shape index (κ3) is 3.78. The van der Waals surface area contributed by atoms with Crippen molar-refractivity contribution >= 4 is 27.5 Å². The number of fused-ring (bicyclic) bond motifs is 1. The summed E-state index contributed by atoms with van der Waals surface area (Å²) >= 11 is 1.37. The van der Waals surface area contributed by atoms with E-state index < -0.39 is 0 Å². The van der Waals surface area contributed by atoms with Crippen LogP contribution in [-0.2, 0) is 6.54 Å². The number of aromatic nitrogens is 2. The van der Waals surface area contributed by atoms with Crippen molar-refractivity contribution in [2.75, 3.05) is 13.1 Å². The van der Waals surface area contributed by atoms with E-state index in [4.69, 9.17) is 0 Å². The molecule has 3 heterocycles. The second-order valence-electron chi connectivity index (χ2n) is 6.89. The summed E-state index contributed by atoms with van der Waals surface area (Å²) in [7, 11) is 0. The Bertz CT molecular complexity index is 801. The Balaban J connectivity index is 1.92. The fraction of sp³-hybridized carbons (Fsp3) is 0.632. The van der Waals surface area contributed by atoms with Crippen molar-refractivity contribution in [3.8, 4) is 0 Å². The lowest BCUT2D eigenvalue weighted by atomic mass is 10.2. The molecule has 0 unspecified atom stereocenters. The molecule has 0 aromatic carbocycles. The zero-order valence-corrected chi connectivity index (χ0v) is 16.0. The molecule has 1 aliphatic heterocycles. The van der Waals surface area contributed by atoms with Crippen molar-refractivity contribution < 1.29 is 4.79 Å². The minimum absolute atomic E-state index is 0.00947. The second kappa shape index (κ2) is 8.13. The van der Waals surface area contributed by atoms with Crippen molar-refractivity contribution in [2.24, 2.45) is 0 Å². The summed E-state index contributed by atoms with van der Waals surface area (Å²) in [6, 6.07) is 0. The lowest BCUT2D eigenvalue weighted by Crippen LogP contribution is -2.31. The largest absolute Gasteiger partial charge is 0.338 e. The number of hydrogen-bond acceptors (Lipinski definition) is 4. The van der Waals surface area contributed by atoms with Gasteiger partial charge in [-0.15, -0.1) is 11.3 Å².